The van der Waals surface area contributed by atoms with Crippen molar-refractivity contribution in [3.05, 3.63) is 59.7 Å². The minimum atomic E-state index is -3.74. The van der Waals surface area contributed by atoms with Crippen molar-refractivity contribution in [1.82, 2.24) is 0 Å². The number of ether oxygens (including phenoxy) is 2. The molecule has 0 saturated heterocycles. The van der Waals surface area contributed by atoms with Crippen LogP contribution < -0.4 is 15.3 Å². The Bertz CT molecular complexity index is 852. The molecule has 0 amide bonds. The standard InChI is InChI=1S/C18H20BNO5S/c1-24-18(21)10-15(12-26(20,22)23)14-5-7-17(8-6-14)25-11-13-3-2-4-16(19)9-13/h2-9,15H,10-12H2,1H3,(H2,20,22,23). The largest absolute Gasteiger partial charge is 0.489 e. The molecule has 0 fully saturated rings. The lowest BCUT2D eigenvalue weighted by atomic mass is 9.95. The molecule has 6 nitrogen and oxygen atoms in total. The summed E-state index contributed by atoms with van der Waals surface area (Å²) >= 11 is 0. The highest BCUT2D eigenvalue weighted by molar-refractivity contribution is 7.89. The molecule has 0 aliphatic carbocycles. The summed E-state index contributed by atoms with van der Waals surface area (Å²) in [5, 5.41) is 5.13. The third kappa shape index (κ3) is 6.53. The Kier molecular flexibility index (Phi) is 6.82. The Morgan fingerprint density at radius 1 is 1.19 bits per heavy atom. The average Bonchev–Trinajstić information content (AvgIpc) is 2.58. The third-order valence-electron chi connectivity index (χ3n) is 3.78. The molecular weight excluding hydrogens is 353 g/mol. The number of esters is 1. The normalized spacial score (nSPS) is 12.4. The fourth-order valence-corrected chi connectivity index (χ4v) is 3.39. The predicted octanol–water partition coefficient (Wildman–Crippen LogP) is 0.995. The first-order chi connectivity index (χ1) is 12.3. The number of methoxy groups -OCH3 is 1. The van der Waals surface area contributed by atoms with Crippen LogP contribution in [0.15, 0.2) is 48.5 Å². The molecule has 0 saturated carbocycles. The molecule has 136 valence electrons. The van der Waals surface area contributed by atoms with Crippen LogP contribution in [0.3, 0.4) is 0 Å². The molecule has 0 bridgehead atoms. The van der Waals surface area contributed by atoms with Crippen molar-refractivity contribution in [3.8, 4) is 5.75 Å². The van der Waals surface area contributed by atoms with E-state index in [0.29, 0.717) is 23.4 Å². The van der Waals surface area contributed by atoms with E-state index < -0.39 is 21.9 Å². The van der Waals surface area contributed by atoms with Gasteiger partial charge < -0.3 is 9.47 Å². The summed E-state index contributed by atoms with van der Waals surface area (Å²) in [6, 6.07) is 14.2. The number of carbonyl (C=O) groups excluding carboxylic acids is 1. The zero-order valence-corrected chi connectivity index (χ0v) is 15.2. The fourth-order valence-electron chi connectivity index (χ4n) is 2.52. The summed E-state index contributed by atoms with van der Waals surface area (Å²) in [5.41, 5.74) is 2.27. The van der Waals surface area contributed by atoms with Gasteiger partial charge in [0.2, 0.25) is 10.0 Å². The van der Waals surface area contributed by atoms with Crippen molar-refractivity contribution in [1.29, 1.82) is 0 Å². The second-order valence-corrected chi connectivity index (χ2v) is 7.57. The molecule has 1 unspecified atom stereocenters. The van der Waals surface area contributed by atoms with Crippen LogP contribution in [0.5, 0.6) is 5.75 Å². The lowest BCUT2D eigenvalue weighted by Crippen LogP contribution is -2.24. The van der Waals surface area contributed by atoms with Gasteiger partial charge in [-0.1, -0.05) is 41.9 Å². The highest BCUT2D eigenvalue weighted by Gasteiger charge is 2.21. The summed E-state index contributed by atoms with van der Waals surface area (Å²) in [5.74, 6) is -0.810. The van der Waals surface area contributed by atoms with Gasteiger partial charge >= 0.3 is 5.97 Å². The van der Waals surface area contributed by atoms with Crippen LogP contribution in [-0.4, -0.2) is 35.1 Å². The van der Waals surface area contributed by atoms with Crippen molar-refractivity contribution in [2.24, 2.45) is 5.14 Å². The van der Waals surface area contributed by atoms with Gasteiger partial charge in [0.25, 0.3) is 0 Å². The molecule has 2 rings (SSSR count). The van der Waals surface area contributed by atoms with Crippen molar-refractivity contribution in [2.45, 2.75) is 18.9 Å². The molecule has 2 aromatic carbocycles. The van der Waals surface area contributed by atoms with Crippen LogP contribution in [0.25, 0.3) is 0 Å². The van der Waals surface area contributed by atoms with E-state index in [2.05, 4.69) is 4.74 Å². The average molecular weight is 373 g/mol. The van der Waals surface area contributed by atoms with Crippen LogP contribution in [0, 0.1) is 0 Å². The lowest BCUT2D eigenvalue weighted by Gasteiger charge is -2.16. The fraction of sp³-hybridized carbons (Fsp3) is 0.278. The number of rotatable bonds is 8. The zero-order valence-electron chi connectivity index (χ0n) is 14.4. The van der Waals surface area contributed by atoms with Gasteiger partial charge in [0.05, 0.1) is 19.3 Å². The number of benzene rings is 2. The van der Waals surface area contributed by atoms with Crippen molar-refractivity contribution < 1.29 is 22.7 Å². The highest BCUT2D eigenvalue weighted by Crippen LogP contribution is 2.24. The lowest BCUT2D eigenvalue weighted by molar-refractivity contribution is -0.140. The van der Waals surface area contributed by atoms with Gasteiger partial charge in [-0.3, -0.25) is 4.79 Å². The summed E-state index contributed by atoms with van der Waals surface area (Å²) in [7, 11) is 3.25. The monoisotopic (exact) mass is 373 g/mol. The smallest absolute Gasteiger partial charge is 0.306 e. The maximum Gasteiger partial charge on any atom is 0.306 e. The summed E-state index contributed by atoms with van der Waals surface area (Å²) in [6.45, 7) is 0.354. The Morgan fingerprint density at radius 2 is 1.88 bits per heavy atom. The molecule has 0 spiro atoms. The molecule has 0 aliphatic heterocycles. The van der Waals surface area contributed by atoms with E-state index in [9.17, 15) is 13.2 Å². The molecule has 2 radical (unpaired) electrons. The van der Waals surface area contributed by atoms with Gasteiger partial charge in [-0.15, -0.1) is 0 Å². The third-order valence-corrected chi connectivity index (χ3v) is 4.65. The molecule has 2 N–H and O–H groups in total. The van der Waals surface area contributed by atoms with Crippen molar-refractivity contribution in [3.63, 3.8) is 0 Å². The summed E-state index contributed by atoms with van der Waals surface area (Å²) in [6.07, 6.45) is -0.0730. The van der Waals surface area contributed by atoms with Crippen LogP contribution in [0.1, 0.15) is 23.5 Å². The highest BCUT2D eigenvalue weighted by atomic mass is 32.2. The first kappa shape index (κ1) is 20.0. The van der Waals surface area contributed by atoms with E-state index in [1.807, 2.05) is 18.2 Å². The van der Waals surface area contributed by atoms with E-state index in [-0.39, 0.29) is 12.2 Å². The number of nitrogens with two attached hydrogens (primary N) is 1. The second kappa shape index (κ2) is 8.87. The van der Waals surface area contributed by atoms with Crippen LogP contribution in [0.4, 0.5) is 0 Å². The van der Waals surface area contributed by atoms with Crippen molar-refractivity contribution in [2.75, 3.05) is 12.9 Å². The topological polar surface area (TPSA) is 95.7 Å². The Morgan fingerprint density at radius 3 is 2.46 bits per heavy atom. The van der Waals surface area contributed by atoms with E-state index in [1.165, 1.54) is 7.11 Å². The number of primary sulfonamides is 1. The Balaban J connectivity index is 2.07. The first-order valence-corrected chi connectivity index (χ1v) is 9.63. The Hall–Kier alpha value is -2.32. The molecule has 0 aliphatic rings. The molecule has 2 aromatic rings. The minimum absolute atomic E-state index is 0.0730. The maximum atomic E-state index is 11.5. The van der Waals surface area contributed by atoms with E-state index in [0.717, 1.165) is 5.56 Å². The van der Waals surface area contributed by atoms with Gasteiger partial charge in [0.1, 0.15) is 20.2 Å². The zero-order chi connectivity index (χ0) is 19.2. The number of carbonyl (C=O) groups is 1. The minimum Gasteiger partial charge on any atom is -0.489 e. The van der Waals surface area contributed by atoms with E-state index in [1.54, 1.807) is 30.3 Å². The van der Waals surface area contributed by atoms with Gasteiger partial charge in [-0.2, -0.15) is 0 Å². The Labute approximate surface area is 154 Å². The van der Waals surface area contributed by atoms with Crippen molar-refractivity contribution >= 4 is 29.3 Å². The van der Waals surface area contributed by atoms with Crippen LogP contribution >= 0.6 is 0 Å². The predicted molar refractivity (Wildman–Crippen MR) is 100.0 cm³/mol. The summed E-state index contributed by atoms with van der Waals surface area (Å²) in [4.78, 5) is 11.5. The van der Waals surface area contributed by atoms with Gasteiger partial charge in [-0.05, 0) is 23.3 Å². The van der Waals surface area contributed by atoms with Gasteiger partial charge in [0, 0.05) is 5.92 Å². The molecule has 26 heavy (non-hydrogen) atoms. The molecular formula is C18H20BNO5S. The number of sulfonamides is 1. The quantitative estimate of drug-likeness (QED) is 0.550. The van der Waals surface area contributed by atoms with E-state index >= 15 is 0 Å². The molecule has 1 atom stereocenters. The van der Waals surface area contributed by atoms with Crippen LogP contribution in [0.2, 0.25) is 0 Å². The molecule has 0 heterocycles. The maximum absolute atomic E-state index is 11.5. The van der Waals surface area contributed by atoms with Gasteiger partial charge in [0.15, 0.2) is 0 Å². The van der Waals surface area contributed by atoms with E-state index in [4.69, 9.17) is 17.7 Å². The summed E-state index contributed by atoms with van der Waals surface area (Å²) < 4.78 is 33.2. The number of hydrogen-bond acceptors (Lipinski definition) is 5. The van der Waals surface area contributed by atoms with Gasteiger partial charge in [-0.25, -0.2) is 13.6 Å². The first-order valence-electron chi connectivity index (χ1n) is 7.91. The molecule has 0 aromatic heterocycles. The SMILES string of the molecule is [B]c1cccc(COc2ccc(C(CC(=O)OC)CS(N)(=O)=O)cc2)c1. The van der Waals surface area contributed by atoms with Crippen LogP contribution in [-0.2, 0) is 26.2 Å². The number of hydrogen-bond donors (Lipinski definition) is 1. The molecule has 8 heteroatoms. The second-order valence-electron chi connectivity index (χ2n) is 5.91.